The van der Waals surface area contributed by atoms with Gasteiger partial charge in [0.25, 0.3) is 5.56 Å². The van der Waals surface area contributed by atoms with Crippen LogP contribution in [0.2, 0.25) is 0 Å². The second kappa shape index (κ2) is 6.26. The zero-order chi connectivity index (χ0) is 16.1. The minimum absolute atomic E-state index is 0. The largest absolute Gasteiger partial charge is 0.508 e. The van der Waals surface area contributed by atoms with Gasteiger partial charge in [0.2, 0.25) is 0 Å². The third kappa shape index (κ3) is 2.74. The quantitative estimate of drug-likeness (QED) is 0.834. The molecule has 2 aliphatic rings. The molecule has 1 aromatic heterocycles. The molecule has 0 amide bonds. The number of hydrogen-bond acceptors (Lipinski definition) is 3. The van der Waals surface area contributed by atoms with Crippen molar-refractivity contribution in [2.45, 2.75) is 32.7 Å². The van der Waals surface area contributed by atoms with E-state index in [9.17, 15) is 9.90 Å². The number of aromatic nitrogens is 1. The monoisotopic (exact) mass is 346 g/mol. The summed E-state index contributed by atoms with van der Waals surface area (Å²) in [5.74, 6) is 1.27. The van der Waals surface area contributed by atoms with Crippen LogP contribution in [0, 0.1) is 19.8 Å². The van der Waals surface area contributed by atoms with Gasteiger partial charge in [-0.3, -0.25) is 4.79 Å². The summed E-state index contributed by atoms with van der Waals surface area (Å²) in [5.41, 5.74) is 5.29. The summed E-state index contributed by atoms with van der Waals surface area (Å²) in [5, 5.41) is 13.2. The van der Waals surface area contributed by atoms with E-state index < -0.39 is 0 Å². The van der Waals surface area contributed by atoms with Gasteiger partial charge in [0, 0.05) is 30.8 Å². The topological polar surface area (TPSA) is 54.3 Å². The standard InChI is InChI=1S/C19H22N2O2.ClH/c1-11-3-16(22)4-12(2)19(11)14-6-17-15-5-13(8-20-9-15)10-21(17)18(23)7-14;/h3-4,6-7,13,15,20,22H,5,8-10H2,1-2H3;1H/t13-,15+;/m0./s1. The molecule has 128 valence electrons. The molecule has 2 aromatic rings. The van der Waals surface area contributed by atoms with Crippen LogP contribution >= 0.6 is 12.4 Å². The number of fused-ring (bicyclic) bond motifs is 4. The van der Waals surface area contributed by atoms with Gasteiger partial charge >= 0.3 is 0 Å². The molecule has 2 atom stereocenters. The van der Waals surface area contributed by atoms with Crippen LogP contribution in [-0.2, 0) is 6.54 Å². The van der Waals surface area contributed by atoms with Gasteiger partial charge in [-0.25, -0.2) is 0 Å². The van der Waals surface area contributed by atoms with Crippen LogP contribution in [-0.4, -0.2) is 22.8 Å². The van der Waals surface area contributed by atoms with Gasteiger partial charge in [-0.15, -0.1) is 12.4 Å². The fraction of sp³-hybridized carbons (Fsp3) is 0.421. The lowest BCUT2D eigenvalue weighted by Crippen LogP contribution is -2.44. The number of nitrogens with one attached hydrogen (secondary N) is 1. The number of rotatable bonds is 1. The average Bonchev–Trinajstić information content (AvgIpc) is 2.48. The number of aryl methyl sites for hydroxylation is 2. The molecule has 0 unspecified atom stereocenters. The van der Waals surface area contributed by atoms with Crippen molar-refractivity contribution in [2.24, 2.45) is 5.92 Å². The summed E-state index contributed by atoms with van der Waals surface area (Å²) >= 11 is 0. The fourth-order valence-electron chi connectivity index (χ4n) is 4.34. The van der Waals surface area contributed by atoms with Crippen LogP contribution in [0.5, 0.6) is 5.75 Å². The molecular weight excluding hydrogens is 324 g/mol. The van der Waals surface area contributed by atoms with E-state index in [-0.39, 0.29) is 23.7 Å². The number of hydrogen-bond donors (Lipinski definition) is 2. The van der Waals surface area contributed by atoms with Crippen molar-refractivity contribution >= 4 is 12.4 Å². The van der Waals surface area contributed by atoms with E-state index >= 15 is 0 Å². The van der Waals surface area contributed by atoms with Crippen LogP contribution in [0.1, 0.15) is 29.2 Å². The highest BCUT2D eigenvalue weighted by Crippen LogP contribution is 2.36. The highest BCUT2D eigenvalue weighted by atomic mass is 35.5. The predicted octanol–water partition coefficient (Wildman–Crippen LogP) is 2.97. The van der Waals surface area contributed by atoms with E-state index in [0.29, 0.717) is 11.8 Å². The van der Waals surface area contributed by atoms with E-state index in [1.54, 1.807) is 18.2 Å². The Kier molecular flexibility index (Phi) is 4.45. The molecule has 0 saturated carbocycles. The normalized spacial score (nSPS) is 21.8. The number of benzene rings is 1. The van der Waals surface area contributed by atoms with Gasteiger partial charge in [-0.2, -0.15) is 0 Å². The van der Waals surface area contributed by atoms with Crippen molar-refractivity contribution < 1.29 is 5.11 Å². The summed E-state index contributed by atoms with van der Waals surface area (Å²) in [7, 11) is 0. The van der Waals surface area contributed by atoms with Gasteiger partial charge in [0.15, 0.2) is 0 Å². The number of aromatic hydroxyl groups is 1. The summed E-state index contributed by atoms with van der Waals surface area (Å²) in [4.78, 5) is 12.7. The molecule has 4 rings (SSSR count). The highest BCUT2D eigenvalue weighted by Gasteiger charge is 2.31. The van der Waals surface area contributed by atoms with E-state index in [4.69, 9.17) is 0 Å². The first-order valence-corrected chi connectivity index (χ1v) is 8.29. The molecule has 2 aliphatic heterocycles. The molecule has 3 heterocycles. The number of phenolic OH excluding ortho intramolecular Hbond substituents is 1. The number of piperidine rings is 1. The van der Waals surface area contributed by atoms with E-state index in [2.05, 4.69) is 11.4 Å². The van der Waals surface area contributed by atoms with Crippen molar-refractivity contribution in [1.82, 2.24) is 9.88 Å². The molecule has 5 heteroatoms. The average molecular weight is 347 g/mol. The molecule has 4 nitrogen and oxygen atoms in total. The van der Waals surface area contributed by atoms with Crippen LogP contribution in [0.3, 0.4) is 0 Å². The minimum atomic E-state index is 0. The van der Waals surface area contributed by atoms with E-state index in [0.717, 1.165) is 47.6 Å². The molecule has 0 aliphatic carbocycles. The Hall–Kier alpha value is -1.78. The summed E-state index contributed by atoms with van der Waals surface area (Å²) in [6.07, 6.45) is 1.17. The number of pyridine rings is 1. The first-order chi connectivity index (χ1) is 11.0. The maximum absolute atomic E-state index is 12.7. The number of halogens is 1. The maximum Gasteiger partial charge on any atom is 0.251 e. The second-order valence-electron chi connectivity index (χ2n) is 7.03. The van der Waals surface area contributed by atoms with Gasteiger partial charge in [0.1, 0.15) is 5.75 Å². The minimum Gasteiger partial charge on any atom is -0.508 e. The molecule has 24 heavy (non-hydrogen) atoms. The van der Waals surface area contributed by atoms with Crippen molar-refractivity contribution in [1.29, 1.82) is 0 Å². The first kappa shape index (κ1) is 17.1. The molecule has 0 radical (unpaired) electrons. The van der Waals surface area contributed by atoms with Gasteiger partial charge in [0.05, 0.1) is 0 Å². The van der Waals surface area contributed by atoms with Crippen molar-refractivity contribution in [3.63, 3.8) is 0 Å². The molecular formula is C19H23ClN2O2. The van der Waals surface area contributed by atoms with E-state index in [1.165, 1.54) is 6.42 Å². The van der Waals surface area contributed by atoms with Crippen molar-refractivity contribution in [3.05, 3.63) is 51.4 Å². The lowest BCUT2D eigenvalue weighted by Gasteiger charge is -2.37. The fourth-order valence-corrected chi connectivity index (χ4v) is 4.34. The Bertz CT molecular complexity index is 821. The lowest BCUT2D eigenvalue weighted by molar-refractivity contribution is 0.257. The Morgan fingerprint density at radius 1 is 1.12 bits per heavy atom. The van der Waals surface area contributed by atoms with E-state index in [1.807, 2.05) is 18.4 Å². The number of phenols is 1. The predicted molar refractivity (Wildman–Crippen MR) is 98.2 cm³/mol. The van der Waals surface area contributed by atoms with Gasteiger partial charge in [-0.1, -0.05) is 0 Å². The summed E-state index contributed by atoms with van der Waals surface area (Å²) in [6, 6.07) is 7.46. The molecule has 1 aromatic carbocycles. The SMILES string of the molecule is Cc1cc(O)cc(C)c1-c1cc2n(c(=O)c1)C[C@@H]1CNC[C@H]2C1.Cl. The smallest absolute Gasteiger partial charge is 0.251 e. The maximum atomic E-state index is 12.7. The van der Waals surface area contributed by atoms with Crippen molar-refractivity contribution in [2.75, 3.05) is 13.1 Å². The van der Waals surface area contributed by atoms with Crippen LogP contribution in [0.4, 0.5) is 0 Å². The van der Waals surface area contributed by atoms with Gasteiger partial charge < -0.3 is 15.0 Å². The Labute approximate surface area is 147 Å². The van der Waals surface area contributed by atoms with Crippen LogP contribution in [0.15, 0.2) is 29.1 Å². The Balaban J connectivity index is 0.00000169. The third-order valence-corrected chi connectivity index (χ3v) is 5.27. The molecule has 1 fully saturated rings. The molecule has 1 saturated heterocycles. The second-order valence-corrected chi connectivity index (χ2v) is 7.03. The van der Waals surface area contributed by atoms with Crippen LogP contribution in [0.25, 0.3) is 11.1 Å². The van der Waals surface area contributed by atoms with Crippen LogP contribution < -0.4 is 10.9 Å². The zero-order valence-electron chi connectivity index (χ0n) is 14.0. The summed E-state index contributed by atoms with van der Waals surface area (Å²) in [6.45, 7) is 6.76. The Morgan fingerprint density at radius 3 is 2.54 bits per heavy atom. The molecule has 0 spiro atoms. The molecule has 2 bridgehead atoms. The molecule has 2 N–H and O–H groups in total. The highest BCUT2D eigenvalue weighted by molar-refractivity contribution is 5.85. The number of nitrogens with zero attached hydrogens (tertiary/aromatic N) is 1. The lowest BCUT2D eigenvalue weighted by atomic mass is 9.83. The van der Waals surface area contributed by atoms with Crippen molar-refractivity contribution in [3.8, 4) is 16.9 Å². The summed E-state index contributed by atoms with van der Waals surface area (Å²) < 4.78 is 1.97. The van der Waals surface area contributed by atoms with Gasteiger partial charge in [-0.05, 0) is 73.2 Å². The Morgan fingerprint density at radius 2 is 1.83 bits per heavy atom. The first-order valence-electron chi connectivity index (χ1n) is 8.29. The zero-order valence-corrected chi connectivity index (χ0v) is 14.8. The third-order valence-electron chi connectivity index (χ3n) is 5.27.